The first kappa shape index (κ1) is 15.6. The quantitative estimate of drug-likeness (QED) is 0.866. The Labute approximate surface area is 126 Å². The fourth-order valence-electron chi connectivity index (χ4n) is 2.62. The molecular weight excluding hydrogens is 274 g/mol. The lowest BCUT2D eigenvalue weighted by Gasteiger charge is -2.29. The summed E-state index contributed by atoms with van der Waals surface area (Å²) < 4.78 is 11.5. The average molecular weight is 298 g/mol. The minimum Gasteiger partial charge on any atom is -0.489 e. The van der Waals surface area contributed by atoms with Gasteiger partial charge in [-0.2, -0.15) is 0 Å². The van der Waals surface area contributed by atoms with Crippen molar-refractivity contribution in [2.75, 3.05) is 13.7 Å². The Morgan fingerprint density at radius 3 is 2.80 bits per heavy atom. The molecule has 0 saturated heterocycles. The predicted octanol–water partition coefficient (Wildman–Crippen LogP) is 3.79. The summed E-state index contributed by atoms with van der Waals surface area (Å²) in [5, 5.41) is 3.98. The lowest BCUT2D eigenvalue weighted by Crippen LogP contribution is -2.29. The van der Waals surface area contributed by atoms with Crippen LogP contribution in [0.25, 0.3) is 0 Å². The van der Waals surface area contributed by atoms with Crippen LogP contribution in [-0.4, -0.2) is 25.9 Å². The normalized spacial score (nSPS) is 22.8. The van der Waals surface area contributed by atoms with Gasteiger partial charge in [0.05, 0.1) is 11.1 Å². The summed E-state index contributed by atoms with van der Waals surface area (Å²) in [7, 11) is 1.77. The maximum absolute atomic E-state index is 6.31. The van der Waals surface area contributed by atoms with Crippen LogP contribution >= 0.6 is 11.6 Å². The van der Waals surface area contributed by atoms with Gasteiger partial charge in [-0.1, -0.05) is 24.6 Å². The molecule has 112 valence electrons. The van der Waals surface area contributed by atoms with Crippen LogP contribution in [0.5, 0.6) is 5.75 Å². The minimum atomic E-state index is 0.214. The molecule has 20 heavy (non-hydrogen) atoms. The predicted molar refractivity (Wildman–Crippen MR) is 82.5 cm³/mol. The number of rotatable bonds is 6. The van der Waals surface area contributed by atoms with E-state index in [1.165, 1.54) is 5.56 Å². The zero-order valence-corrected chi connectivity index (χ0v) is 13.1. The molecule has 3 nitrogen and oxygen atoms in total. The van der Waals surface area contributed by atoms with Gasteiger partial charge >= 0.3 is 0 Å². The third kappa shape index (κ3) is 4.37. The van der Waals surface area contributed by atoms with Gasteiger partial charge in [0, 0.05) is 20.1 Å². The molecule has 0 aliphatic heterocycles. The molecule has 1 saturated carbocycles. The third-order valence-electron chi connectivity index (χ3n) is 3.78. The Morgan fingerprint density at radius 2 is 2.10 bits per heavy atom. The molecule has 0 spiro atoms. The second-order valence-electron chi connectivity index (χ2n) is 5.31. The van der Waals surface area contributed by atoms with Crippen LogP contribution in [0.1, 0.15) is 38.2 Å². The first-order valence-electron chi connectivity index (χ1n) is 7.41. The molecule has 1 aromatic carbocycles. The summed E-state index contributed by atoms with van der Waals surface area (Å²) in [6, 6.07) is 6.03. The Bertz CT molecular complexity index is 425. The molecule has 2 unspecified atom stereocenters. The average Bonchev–Trinajstić information content (AvgIpc) is 2.48. The molecule has 0 heterocycles. The molecule has 4 heteroatoms. The van der Waals surface area contributed by atoms with Gasteiger partial charge < -0.3 is 14.8 Å². The van der Waals surface area contributed by atoms with Crippen LogP contribution < -0.4 is 10.1 Å². The van der Waals surface area contributed by atoms with Gasteiger partial charge in [-0.15, -0.1) is 0 Å². The number of halogens is 1. The molecule has 1 aromatic rings. The largest absolute Gasteiger partial charge is 0.489 e. The Kier molecular flexibility index (Phi) is 6.14. The minimum absolute atomic E-state index is 0.214. The van der Waals surface area contributed by atoms with Crippen molar-refractivity contribution < 1.29 is 9.47 Å². The summed E-state index contributed by atoms with van der Waals surface area (Å²) in [5.74, 6) is 0.786. The molecule has 1 N–H and O–H groups in total. The molecule has 2 atom stereocenters. The molecule has 1 aliphatic carbocycles. The van der Waals surface area contributed by atoms with Gasteiger partial charge in [0.25, 0.3) is 0 Å². The Morgan fingerprint density at radius 1 is 1.30 bits per heavy atom. The van der Waals surface area contributed by atoms with E-state index in [0.717, 1.165) is 44.5 Å². The molecular formula is C16H24ClNO2. The van der Waals surface area contributed by atoms with Crippen molar-refractivity contribution >= 4 is 11.6 Å². The second-order valence-corrected chi connectivity index (χ2v) is 5.72. The van der Waals surface area contributed by atoms with E-state index in [2.05, 4.69) is 18.3 Å². The van der Waals surface area contributed by atoms with Gasteiger partial charge in [0.15, 0.2) is 0 Å². The van der Waals surface area contributed by atoms with Gasteiger partial charge in [0.2, 0.25) is 0 Å². The molecule has 0 aromatic heterocycles. The van der Waals surface area contributed by atoms with Crippen LogP contribution in [0.4, 0.5) is 0 Å². The number of benzene rings is 1. The highest BCUT2D eigenvalue weighted by atomic mass is 35.5. The van der Waals surface area contributed by atoms with Crippen molar-refractivity contribution in [1.29, 1.82) is 0 Å². The fourth-order valence-corrected chi connectivity index (χ4v) is 2.87. The zero-order valence-electron chi connectivity index (χ0n) is 12.3. The smallest absolute Gasteiger partial charge is 0.138 e. The fraction of sp³-hybridized carbons (Fsp3) is 0.625. The van der Waals surface area contributed by atoms with Crippen molar-refractivity contribution in [3.05, 3.63) is 28.8 Å². The van der Waals surface area contributed by atoms with E-state index in [1.807, 2.05) is 12.1 Å². The second kappa shape index (κ2) is 7.87. The highest BCUT2D eigenvalue weighted by molar-refractivity contribution is 6.32. The third-order valence-corrected chi connectivity index (χ3v) is 4.08. The van der Waals surface area contributed by atoms with Crippen molar-refractivity contribution in [3.63, 3.8) is 0 Å². The van der Waals surface area contributed by atoms with E-state index in [-0.39, 0.29) is 6.10 Å². The maximum Gasteiger partial charge on any atom is 0.138 e. The lowest BCUT2D eigenvalue weighted by atomic mass is 9.95. The first-order valence-corrected chi connectivity index (χ1v) is 7.79. The van der Waals surface area contributed by atoms with Crippen molar-refractivity contribution in [1.82, 2.24) is 5.32 Å². The van der Waals surface area contributed by atoms with E-state index in [0.29, 0.717) is 11.1 Å². The highest BCUT2D eigenvalue weighted by Gasteiger charge is 2.23. The van der Waals surface area contributed by atoms with Crippen molar-refractivity contribution in [2.45, 2.75) is 51.4 Å². The maximum atomic E-state index is 6.31. The van der Waals surface area contributed by atoms with E-state index >= 15 is 0 Å². The summed E-state index contributed by atoms with van der Waals surface area (Å²) in [6.45, 7) is 3.89. The summed E-state index contributed by atoms with van der Waals surface area (Å²) in [4.78, 5) is 0. The number of methoxy groups -OCH3 is 1. The summed E-state index contributed by atoms with van der Waals surface area (Å²) >= 11 is 6.31. The van der Waals surface area contributed by atoms with E-state index in [1.54, 1.807) is 7.11 Å². The molecule has 0 amide bonds. The zero-order chi connectivity index (χ0) is 14.4. The summed E-state index contributed by atoms with van der Waals surface area (Å²) in [6.07, 6.45) is 4.85. The number of hydrogen-bond acceptors (Lipinski definition) is 3. The molecule has 2 rings (SSSR count). The summed E-state index contributed by atoms with van der Waals surface area (Å²) in [5.41, 5.74) is 1.18. The van der Waals surface area contributed by atoms with E-state index in [4.69, 9.17) is 21.1 Å². The Balaban J connectivity index is 1.95. The Hall–Kier alpha value is -0.770. The van der Waals surface area contributed by atoms with E-state index < -0.39 is 0 Å². The monoisotopic (exact) mass is 297 g/mol. The lowest BCUT2D eigenvalue weighted by molar-refractivity contribution is 0.0210. The van der Waals surface area contributed by atoms with Gasteiger partial charge in [-0.05, 0) is 43.5 Å². The molecule has 0 radical (unpaired) electrons. The van der Waals surface area contributed by atoms with Crippen LogP contribution in [0.3, 0.4) is 0 Å². The number of hydrogen-bond donors (Lipinski definition) is 1. The van der Waals surface area contributed by atoms with Gasteiger partial charge in [-0.3, -0.25) is 0 Å². The van der Waals surface area contributed by atoms with Crippen LogP contribution in [0, 0.1) is 0 Å². The molecule has 1 aliphatic rings. The first-order chi connectivity index (χ1) is 9.72. The van der Waals surface area contributed by atoms with Crippen molar-refractivity contribution in [2.24, 2.45) is 0 Å². The topological polar surface area (TPSA) is 30.5 Å². The van der Waals surface area contributed by atoms with Crippen LogP contribution in [0.2, 0.25) is 5.02 Å². The highest BCUT2D eigenvalue weighted by Crippen LogP contribution is 2.30. The standard InChI is InChI=1S/C16H24ClNO2/c1-3-18-11-12-7-8-16(15(17)9-12)20-14-6-4-5-13(10-14)19-2/h7-9,13-14,18H,3-6,10-11H2,1-2H3. The van der Waals surface area contributed by atoms with Gasteiger partial charge in [-0.25, -0.2) is 0 Å². The number of nitrogens with one attached hydrogen (secondary N) is 1. The van der Waals surface area contributed by atoms with E-state index in [9.17, 15) is 0 Å². The van der Waals surface area contributed by atoms with Crippen LogP contribution in [0.15, 0.2) is 18.2 Å². The van der Waals surface area contributed by atoms with Crippen LogP contribution in [-0.2, 0) is 11.3 Å². The number of ether oxygens (including phenoxy) is 2. The van der Waals surface area contributed by atoms with Crippen molar-refractivity contribution in [3.8, 4) is 5.75 Å². The van der Waals surface area contributed by atoms with Gasteiger partial charge in [0.1, 0.15) is 11.9 Å². The SMILES string of the molecule is CCNCc1ccc(OC2CCCC(OC)C2)c(Cl)c1. The molecule has 0 bridgehead atoms. The molecule has 1 fully saturated rings.